The van der Waals surface area contributed by atoms with Gasteiger partial charge in [-0.3, -0.25) is 14.9 Å². The van der Waals surface area contributed by atoms with Crippen molar-refractivity contribution in [2.24, 2.45) is 0 Å². The predicted octanol–water partition coefficient (Wildman–Crippen LogP) is 3.53. The SMILES string of the molecule is Cc1cc(C)cc(N2C(=O)NC(=O)C(=CC=Cc3ccccc3)C2=O)c1. The van der Waals surface area contributed by atoms with Crippen LogP contribution in [-0.4, -0.2) is 17.8 Å². The van der Waals surface area contributed by atoms with Crippen molar-refractivity contribution in [1.29, 1.82) is 0 Å². The number of hydrogen-bond donors (Lipinski definition) is 1. The average molecular weight is 346 g/mol. The fourth-order valence-electron chi connectivity index (χ4n) is 2.81. The van der Waals surface area contributed by atoms with Crippen LogP contribution in [0.3, 0.4) is 0 Å². The first-order valence-electron chi connectivity index (χ1n) is 8.17. The van der Waals surface area contributed by atoms with E-state index in [1.54, 1.807) is 24.3 Å². The van der Waals surface area contributed by atoms with Gasteiger partial charge in [-0.25, -0.2) is 9.69 Å². The van der Waals surface area contributed by atoms with Gasteiger partial charge in [0.25, 0.3) is 11.8 Å². The fourth-order valence-corrected chi connectivity index (χ4v) is 2.81. The van der Waals surface area contributed by atoms with Crippen molar-refractivity contribution in [3.8, 4) is 0 Å². The lowest BCUT2D eigenvalue weighted by atomic mass is 10.1. The molecule has 0 radical (unpaired) electrons. The van der Waals surface area contributed by atoms with Gasteiger partial charge in [-0.15, -0.1) is 0 Å². The van der Waals surface area contributed by atoms with Gasteiger partial charge in [-0.1, -0.05) is 48.6 Å². The molecule has 1 N–H and O–H groups in total. The van der Waals surface area contributed by atoms with Gasteiger partial charge in [0.2, 0.25) is 0 Å². The van der Waals surface area contributed by atoms with Gasteiger partial charge in [0.05, 0.1) is 5.69 Å². The number of barbiturate groups is 1. The van der Waals surface area contributed by atoms with Crippen molar-refractivity contribution in [1.82, 2.24) is 5.32 Å². The molecule has 26 heavy (non-hydrogen) atoms. The number of nitrogens with one attached hydrogen (secondary N) is 1. The molecular weight excluding hydrogens is 328 g/mol. The molecule has 1 fully saturated rings. The third-order valence-electron chi connectivity index (χ3n) is 3.92. The van der Waals surface area contributed by atoms with Crippen LogP contribution in [-0.2, 0) is 9.59 Å². The number of nitrogens with zero attached hydrogens (tertiary/aromatic N) is 1. The molecule has 1 heterocycles. The van der Waals surface area contributed by atoms with Crippen molar-refractivity contribution in [3.05, 3.63) is 82.9 Å². The summed E-state index contributed by atoms with van der Waals surface area (Å²) in [5.74, 6) is -1.33. The number of urea groups is 1. The Kier molecular flexibility index (Phi) is 4.80. The molecule has 5 heteroatoms. The van der Waals surface area contributed by atoms with Gasteiger partial charge in [0.1, 0.15) is 5.57 Å². The Bertz CT molecular complexity index is 923. The second-order valence-electron chi connectivity index (χ2n) is 6.10. The zero-order chi connectivity index (χ0) is 18.7. The number of benzene rings is 2. The second kappa shape index (κ2) is 7.19. The molecule has 4 amide bonds. The summed E-state index contributed by atoms with van der Waals surface area (Å²) in [6.45, 7) is 3.76. The lowest BCUT2D eigenvalue weighted by Crippen LogP contribution is -2.54. The summed E-state index contributed by atoms with van der Waals surface area (Å²) >= 11 is 0. The Labute approximate surface area is 151 Å². The summed E-state index contributed by atoms with van der Waals surface area (Å²) in [6.07, 6.45) is 4.83. The molecular formula is C21H18N2O3. The van der Waals surface area contributed by atoms with Crippen LogP contribution >= 0.6 is 0 Å². The number of amides is 4. The largest absolute Gasteiger partial charge is 0.335 e. The van der Waals surface area contributed by atoms with Crippen LogP contribution in [0.1, 0.15) is 16.7 Å². The van der Waals surface area contributed by atoms with Gasteiger partial charge in [-0.05, 0) is 48.7 Å². The van der Waals surface area contributed by atoms with Crippen molar-refractivity contribution in [2.45, 2.75) is 13.8 Å². The van der Waals surface area contributed by atoms with Crippen molar-refractivity contribution >= 4 is 29.6 Å². The molecule has 0 unspecified atom stereocenters. The smallest absolute Gasteiger partial charge is 0.273 e. The third-order valence-corrected chi connectivity index (χ3v) is 3.92. The molecule has 1 aliphatic heterocycles. The molecule has 0 spiro atoms. The maximum Gasteiger partial charge on any atom is 0.335 e. The van der Waals surface area contributed by atoms with Crippen LogP contribution < -0.4 is 10.2 Å². The predicted molar refractivity (Wildman–Crippen MR) is 100 cm³/mol. The highest BCUT2D eigenvalue weighted by atomic mass is 16.2. The van der Waals surface area contributed by atoms with Crippen LogP contribution in [0.5, 0.6) is 0 Å². The first-order valence-corrected chi connectivity index (χ1v) is 8.17. The number of allylic oxidation sites excluding steroid dienone is 2. The summed E-state index contributed by atoms with van der Waals surface area (Å²) in [4.78, 5) is 38.0. The van der Waals surface area contributed by atoms with Crippen molar-refractivity contribution in [3.63, 3.8) is 0 Å². The summed E-state index contributed by atoms with van der Waals surface area (Å²) in [5, 5.41) is 2.22. The van der Waals surface area contributed by atoms with Crippen molar-refractivity contribution < 1.29 is 14.4 Å². The molecule has 0 saturated carbocycles. The van der Waals surface area contributed by atoms with Gasteiger partial charge in [0, 0.05) is 0 Å². The average Bonchev–Trinajstić information content (AvgIpc) is 2.57. The Morgan fingerprint density at radius 3 is 2.23 bits per heavy atom. The van der Waals surface area contributed by atoms with E-state index in [0.717, 1.165) is 21.6 Å². The van der Waals surface area contributed by atoms with E-state index in [1.807, 2.05) is 50.2 Å². The van der Waals surface area contributed by atoms with Crippen molar-refractivity contribution in [2.75, 3.05) is 4.90 Å². The zero-order valence-electron chi connectivity index (χ0n) is 14.5. The van der Waals surface area contributed by atoms with E-state index in [9.17, 15) is 14.4 Å². The molecule has 5 nitrogen and oxygen atoms in total. The Morgan fingerprint density at radius 2 is 1.58 bits per heavy atom. The number of anilines is 1. The number of rotatable bonds is 3. The Morgan fingerprint density at radius 1 is 0.923 bits per heavy atom. The fraction of sp³-hybridized carbons (Fsp3) is 0.0952. The number of aryl methyl sites for hydroxylation is 2. The zero-order valence-corrected chi connectivity index (χ0v) is 14.5. The van der Waals surface area contributed by atoms with Gasteiger partial charge in [-0.2, -0.15) is 0 Å². The van der Waals surface area contributed by atoms with Crippen LogP contribution in [0.2, 0.25) is 0 Å². The maximum absolute atomic E-state index is 12.8. The molecule has 0 aromatic heterocycles. The van der Waals surface area contributed by atoms with E-state index in [0.29, 0.717) is 5.69 Å². The molecule has 2 aromatic rings. The highest BCUT2D eigenvalue weighted by molar-refractivity contribution is 6.37. The normalized spacial score (nSPS) is 16.5. The minimum atomic E-state index is -0.741. The van der Waals surface area contributed by atoms with Crippen LogP contribution in [0.25, 0.3) is 6.08 Å². The minimum Gasteiger partial charge on any atom is -0.273 e. The minimum absolute atomic E-state index is 0.0871. The van der Waals surface area contributed by atoms with Gasteiger partial charge >= 0.3 is 6.03 Å². The Hall–Kier alpha value is -3.47. The highest BCUT2D eigenvalue weighted by Gasteiger charge is 2.36. The van der Waals surface area contributed by atoms with E-state index >= 15 is 0 Å². The van der Waals surface area contributed by atoms with E-state index in [4.69, 9.17) is 0 Å². The molecule has 2 aromatic carbocycles. The molecule has 1 saturated heterocycles. The van der Waals surface area contributed by atoms with E-state index in [1.165, 1.54) is 6.08 Å². The summed E-state index contributed by atoms with van der Waals surface area (Å²) < 4.78 is 0. The standard InChI is InChI=1S/C21H18N2O3/c1-14-11-15(2)13-17(12-14)23-20(25)18(19(24)22-21(23)26)10-6-9-16-7-4-3-5-8-16/h3-13H,1-2H3,(H,22,24,26). The number of carbonyl (C=O) groups excluding carboxylic acids is 3. The first kappa shape index (κ1) is 17.4. The molecule has 0 aliphatic carbocycles. The quantitative estimate of drug-likeness (QED) is 0.683. The van der Waals surface area contributed by atoms with E-state index in [2.05, 4.69) is 5.32 Å². The molecule has 3 rings (SSSR count). The highest BCUT2D eigenvalue weighted by Crippen LogP contribution is 2.23. The second-order valence-corrected chi connectivity index (χ2v) is 6.10. The third kappa shape index (κ3) is 3.62. The first-order chi connectivity index (χ1) is 12.5. The maximum atomic E-state index is 12.8. The van der Waals surface area contributed by atoms with Crippen LogP contribution in [0.15, 0.2) is 66.3 Å². The lowest BCUT2D eigenvalue weighted by Gasteiger charge is -2.26. The Balaban J connectivity index is 1.93. The number of hydrogen-bond acceptors (Lipinski definition) is 3. The summed E-state index contributed by atoms with van der Waals surface area (Å²) in [6, 6.07) is 14.2. The van der Waals surface area contributed by atoms with Gasteiger partial charge < -0.3 is 0 Å². The summed E-state index contributed by atoms with van der Waals surface area (Å²) in [7, 11) is 0. The van der Waals surface area contributed by atoms with E-state index in [-0.39, 0.29) is 5.57 Å². The summed E-state index contributed by atoms with van der Waals surface area (Å²) in [5.41, 5.74) is 3.14. The molecule has 0 bridgehead atoms. The number of carbonyl (C=O) groups is 3. The monoisotopic (exact) mass is 346 g/mol. The lowest BCUT2D eigenvalue weighted by molar-refractivity contribution is -0.122. The molecule has 0 atom stereocenters. The molecule has 1 aliphatic rings. The van der Waals surface area contributed by atoms with E-state index < -0.39 is 17.8 Å². The number of imide groups is 2. The topological polar surface area (TPSA) is 66.5 Å². The molecule has 130 valence electrons. The van der Waals surface area contributed by atoms with Crippen LogP contribution in [0.4, 0.5) is 10.5 Å². The van der Waals surface area contributed by atoms with Crippen LogP contribution in [0, 0.1) is 13.8 Å². The van der Waals surface area contributed by atoms with Gasteiger partial charge in [0.15, 0.2) is 0 Å².